The highest BCUT2D eigenvalue weighted by Gasteiger charge is 2.45. The number of ether oxygens (including phenoxy) is 2. The molecule has 4 aliphatic heterocycles. The number of halogens is 1. The molecule has 4 saturated heterocycles. The van der Waals surface area contributed by atoms with Crippen LogP contribution in [0.4, 0.5) is 16.0 Å². The molecule has 236 valence electrons. The lowest BCUT2D eigenvalue weighted by atomic mass is 9.95. The van der Waals surface area contributed by atoms with Crippen LogP contribution in [0, 0.1) is 5.82 Å². The fourth-order valence-corrected chi connectivity index (χ4v) is 8.12. The summed E-state index contributed by atoms with van der Waals surface area (Å²) >= 11 is 1.50. The van der Waals surface area contributed by atoms with Gasteiger partial charge in [-0.05, 0) is 63.7 Å². The molecule has 12 heteroatoms. The molecule has 4 aromatic rings. The highest BCUT2D eigenvalue weighted by molar-refractivity contribution is 7.17. The Kier molecular flexibility index (Phi) is 9.13. The molecule has 0 amide bonds. The summed E-state index contributed by atoms with van der Waals surface area (Å²) in [5, 5.41) is 6.17. The molecule has 0 aromatic carbocycles. The molecule has 8 rings (SSSR count). The maximum Gasteiger partial charge on any atom is 0.319 e. The Morgan fingerprint density at radius 3 is 2.45 bits per heavy atom. The smallest absolute Gasteiger partial charge is 0.319 e. The minimum Gasteiger partial charge on any atom is -0.461 e. The van der Waals surface area contributed by atoms with Crippen LogP contribution < -0.4 is 20.7 Å². The zero-order valence-corrected chi connectivity index (χ0v) is 26.9. The normalized spacial score (nSPS) is 22.0. The van der Waals surface area contributed by atoms with E-state index in [0.717, 1.165) is 56.6 Å². The van der Waals surface area contributed by atoms with E-state index < -0.39 is 5.82 Å². The number of rotatable bonds is 5. The van der Waals surface area contributed by atoms with E-state index in [0.29, 0.717) is 46.8 Å². The Bertz CT molecular complexity index is 1590. The second kappa shape index (κ2) is 13.0. The number of pyridine rings is 2. The number of hydrogen-bond donors (Lipinski definition) is 2. The molecule has 8 heterocycles. The van der Waals surface area contributed by atoms with Gasteiger partial charge in [-0.15, -0.1) is 11.3 Å². The number of aromatic nitrogens is 4. The second-order valence-corrected chi connectivity index (χ2v) is 12.8. The molecule has 0 aliphatic carbocycles. The first-order chi connectivity index (χ1) is 21.5. The quantitative estimate of drug-likeness (QED) is 0.306. The number of thiophene rings is 1. The summed E-state index contributed by atoms with van der Waals surface area (Å²) in [6, 6.07) is 4.72. The molecule has 2 unspecified atom stereocenters. The van der Waals surface area contributed by atoms with Crippen LogP contribution in [0.25, 0.3) is 32.4 Å². The Balaban J connectivity index is 0.000000649. The predicted octanol–water partition coefficient (Wildman–Crippen LogP) is 5.26. The average molecular weight is 623 g/mol. The van der Waals surface area contributed by atoms with E-state index in [-0.39, 0.29) is 22.8 Å². The van der Waals surface area contributed by atoms with Gasteiger partial charge in [-0.2, -0.15) is 9.97 Å². The minimum absolute atomic E-state index is 0.0514. The maximum atomic E-state index is 16.4. The van der Waals surface area contributed by atoms with Crippen LogP contribution in [-0.2, 0) is 4.74 Å². The zero-order chi connectivity index (χ0) is 30.8. The van der Waals surface area contributed by atoms with Gasteiger partial charge in [-0.1, -0.05) is 13.8 Å². The fraction of sp³-hybridized carbons (Fsp3) is 0.562. The summed E-state index contributed by atoms with van der Waals surface area (Å²) in [5.41, 5.74) is 7.74. The molecule has 4 fully saturated rings. The lowest BCUT2D eigenvalue weighted by molar-refractivity contribution is 0.108. The SMILES string of the molecule is CC.COC.Nc1ccc2scc(-c3ncc4c(N5CC6CCC(C5)N6)nc(OCC56CCCN5CCC6)nc4c3F)c2n1. The number of anilines is 2. The number of methoxy groups -OCH3 is 1. The highest BCUT2D eigenvalue weighted by Crippen LogP contribution is 2.40. The standard InChI is InChI=1S/C28H31FN8OS.C2H6O.C2H6/c29-22-24(19-14-39-20-5-6-21(30)33-23(19)20)31-11-18-25(22)34-27(38-15-28-7-1-9-37(28)10-2-8-28)35-26(18)36-12-16-3-4-17(13-36)32-16;1-3-2;1-2/h5-6,11,14,16-17,32H,1-4,7-10,12-13,15H2,(H2,30,33);1-2H3;1-2H3. The van der Waals surface area contributed by atoms with Gasteiger partial charge in [0.2, 0.25) is 0 Å². The summed E-state index contributed by atoms with van der Waals surface area (Å²) in [5.74, 6) is 0.616. The van der Waals surface area contributed by atoms with Crippen LogP contribution in [0.5, 0.6) is 6.01 Å². The molecule has 0 radical (unpaired) electrons. The van der Waals surface area contributed by atoms with E-state index in [1.165, 1.54) is 24.2 Å². The third-order valence-corrected chi connectivity index (χ3v) is 10.1. The number of fused-ring (bicyclic) bond motifs is 5. The van der Waals surface area contributed by atoms with Gasteiger partial charge >= 0.3 is 6.01 Å². The third-order valence-electron chi connectivity index (χ3n) is 9.13. The first-order valence-electron chi connectivity index (χ1n) is 15.8. The van der Waals surface area contributed by atoms with Crippen molar-refractivity contribution < 1.29 is 13.9 Å². The summed E-state index contributed by atoms with van der Waals surface area (Å²) in [4.78, 5) is 23.5. The fourth-order valence-electron chi connectivity index (χ4n) is 7.24. The van der Waals surface area contributed by atoms with Crippen LogP contribution in [-0.4, -0.2) is 89.5 Å². The van der Waals surface area contributed by atoms with E-state index in [4.69, 9.17) is 15.5 Å². The van der Waals surface area contributed by atoms with Crippen molar-refractivity contribution in [3.63, 3.8) is 0 Å². The van der Waals surface area contributed by atoms with E-state index in [1.807, 2.05) is 25.3 Å². The van der Waals surface area contributed by atoms with Crippen molar-refractivity contribution >= 4 is 44.1 Å². The van der Waals surface area contributed by atoms with E-state index >= 15 is 4.39 Å². The molecule has 3 N–H and O–H groups in total. The number of hydrogen-bond acceptors (Lipinski definition) is 11. The maximum absolute atomic E-state index is 16.4. The van der Waals surface area contributed by atoms with Gasteiger partial charge in [-0.3, -0.25) is 9.88 Å². The van der Waals surface area contributed by atoms with Gasteiger partial charge in [0.1, 0.15) is 29.5 Å². The average Bonchev–Trinajstić information content (AvgIpc) is 3.81. The van der Waals surface area contributed by atoms with Gasteiger partial charge < -0.3 is 25.4 Å². The predicted molar refractivity (Wildman–Crippen MR) is 175 cm³/mol. The summed E-state index contributed by atoms with van der Waals surface area (Å²) in [6.07, 6.45) is 8.62. The molecule has 4 aromatic heterocycles. The van der Waals surface area contributed by atoms with Gasteiger partial charge in [0.15, 0.2) is 5.82 Å². The van der Waals surface area contributed by atoms with Crippen LogP contribution in [0.3, 0.4) is 0 Å². The Labute approximate surface area is 262 Å². The van der Waals surface area contributed by atoms with E-state index in [2.05, 4.69) is 34.8 Å². The van der Waals surface area contributed by atoms with Crippen molar-refractivity contribution in [2.75, 3.05) is 57.6 Å². The molecule has 0 saturated carbocycles. The van der Waals surface area contributed by atoms with Crippen molar-refractivity contribution in [1.82, 2.24) is 30.2 Å². The van der Waals surface area contributed by atoms with E-state index in [9.17, 15) is 0 Å². The number of nitrogens with one attached hydrogen (secondary N) is 1. The monoisotopic (exact) mass is 622 g/mol. The zero-order valence-electron chi connectivity index (χ0n) is 26.1. The summed E-state index contributed by atoms with van der Waals surface area (Å²) in [7, 11) is 3.25. The Hall–Kier alpha value is -3.19. The first-order valence-corrected chi connectivity index (χ1v) is 16.7. The lowest BCUT2D eigenvalue weighted by Crippen LogP contribution is -2.51. The van der Waals surface area contributed by atoms with Crippen molar-refractivity contribution in [2.45, 2.75) is 70.0 Å². The minimum atomic E-state index is -0.482. The van der Waals surface area contributed by atoms with Crippen LogP contribution in [0.15, 0.2) is 23.7 Å². The lowest BCUT2D eigenvalue weighted by Gasteiger charge is -2.34. The molecule has 10 nitrogen and oxygen atoms in total. The largest absolute Gasteiger partial charge is 0.461 e. The number of nitrogens with two attached hydrogens (primary N) is 1. The first kappa shape index (κ1) is 30.8. The Morgan fingerprint density at radius 2 is 1.75 bits per heavy atom. The van der Waals surface area contributed by atoms with Gasteiger partial charge in [0, 0.05) is 56.5 Å². The van der Waals surface area contributed by atoms with Gasteiger partial charge in [0.05, 0.1) is 21.1 Å². The molecular formula is C32H43FN8O2S. The van der Waals surface area contributed by atoms with Gasteiger partial charge in [0.25, 0.3) is 0 Å². The number of piperazine rings is 1. The van der Waals surface area contributed by atoms with Crippen molar-refractivity contribution in [1.29, 1.82) is 0 Å². The number of nitrogen functional groups attached to an aromatic ring is 1. The molecule has 0 spiro atoms. The van der Waals surface area contributed by atoms with Crippen LogP contribution in [0.2, 0.25) is 0 Å². The topological polar surface area (TPSA) is 115 Å². The van der Waals surface area contributed by atoms with Crippen molar-refractivity contribution in [3.8, 4) is 17.3 Å². The summed E-state index contributed by atoms with van der Waals surface area (Å²) < 4.78 is 27.9. The number of nitrogens with zero attached hydrogens (tertiary/aromatic N) is 6. The summed E-state index contributed by atoms with van der Waals surface area (Å²) in [6.45, 7) is 8.41. The van der Waals surface area contributed by atoms with Gasteiger partial charge in [-0.25, -0.2) is 9.37 Å². The molecular weight excluding hydrogens is 579 g/mol. The molecule has 2 bridgehead atoms. The van der Waals surface area contributed by atoms with Crippen molar-refractivity contribution in [3.05, 3.63) is 29.5 Å². The third kappa shape index (κ3) is 5.68. The van der Waals surface area contributed by atoms with Crippen LogP contribution in [0.1, 0.15) is 52.4 Å². The van der Waals surface area contributed by atoms with E-state index in [1.54, 1.807) is 26.5 Å². The molecule has 44 heavy (non-hydrogen) atoms. The second-order valence-electron chi connectivity index (χ2n) is 11.9. The highest BCUT2D eigenvalue weighted by atomic mass is 32.1. The Morgan fingerprint density at radius 1 is 1.05 bits per heavy atom. The van der Waals surface area contributed by atoms with Crippen molar-refractivity contribution in [2.24, 2.45) is 0 Å². The molecule has 2 atom stereocenters. The van der Waals surface area contributed by atoms with Crippen LogP contribution >= 0.6 is 11.3 Å². The molecule has 4 aliphatic rings.